The normalized spacial score (nSPS) is 19.3. The molecule has 1 aliphatic heterocycles. The summed E-state index contributed by atoms with van der Waals surface area (Å²) in [6, 6.07) is 8.42. The number of hydrogen-bond acceptors (Lipinski definition) is 5. The highest BCUT2D eigenvalue weighted by molar-refractivity contribution is 9.11. The lowest BCUT2D eigenvalue weighted by Gasteiger charge is -2.34. The number of hydrogen-bond donors (Lipinski definition) is 0. The van der Waals surface area contributed by atoms with Gasteiger partial charge >= 0.3 is 5.97 Å². The van der Waals surface area contributed by atoms with Crippen LogP contribution < -0.4 is 0 Å². The minimum Gasteiger partial charge on any atom is -0.456 e. The van der Waals surface area contributed by atoms with Gasteiger partial charge in [-0.3, -0.25) is 4.79 Å². The molecule has 156 valence electrons. The molecule has 0 amide bonds. The van der Waals surface area contributed by atoms with Crippen molar-refractivity contribution in [3.05, 3.63) is 40.4 Å². The molecule has 0 radical (unpaired) electrons. The number of benzene rings is 1. The average Bonchev–Trinajstić information content (AvgIpc) is 3.17. The summed E-state index contributed by atoms with van der Waals surface area (Å²) in [6.45, 7) is 13.3. The smallest absolute Gasteiger partial charge is 0.303 e. The van der Waals surface area contributed by atoms with Crippen LogP contribution in [0.15, 0.2) is 39.7 Å². The molecule has 1 fully saturated rings. The fraction of sp³-hybridized carbons (Fsp3) is 0.591. The summed E-state index contributed by atoms with van der Waals surface area (Å²) in [6.07, 6.45) is 1.19. The Morgan fingerprint density at radius 1 is 1.29 bits per heavy atom. The first kappa shape index (κ1) is 23.5. The Bertz CT molecular complexity index is 692. The Hall–Kier alpha value is -0.820. The maximum Gasteiger partial charge on any atom is 0.303 e. The lowest BCUT2D eigenvalue weighted by atomic mass is 9.87. The number of esters is 1. The fourth-order valence-corrected chi connectivity index (χ4v) is 5.41. The van der Waals surface area contributed by atoms with Gasteiger partial charge in [0.1, 0.15) is 6.10 Å². The summed E-state index contributed by atoms with van der Waals surface area (Å²) in [4.78, 5) is 13.0. The summed E-state index contributed by atoms with van der Waals surface area (Å²) in [5.41, 5.74) is 1.27. The highest BCUT2D eigenvalue weighted by Gasteiger charge is 2.39. The van der Waals surface area contributed by atoms with E-state index in [1.807, 2.05) is 19.1 Å². The Morgan fingerprint density at radius 3 is 2.43 bits per heavy atom. The molecule has 1 aromatic rings. The molecule has 0 aliphatic carbocycles. The van der Waals surface area contributed by atoms with Crippen molar-refractivity contribution in [1.29, 1.82) is 0 Å². The number of allylic oxidation sites excluding steroid dienone is 1. The van der Waals surface area contributed by atoms with E-state index in [9.17, 15) is 4.79 Å². The molecule has 1 aromatic carbocycles. The summed E-state index contributed by atoms with van der Waals surface area (Å²) >= 11 is 5.33. The molecule has 28 heavy (non-hydrogen) atoms. The van der Waals surface area contributed by atoms with E-state index in [2.05, 4.69) is 61.8 Å². The second-order valence-electron chi connectivity index (χ2n) is 8.00. The molecule has 0 aromatic heterocycles. The Morgan fingerprint density at radius 2 is 1.89 bits per heavy atom. The summed E-state index contributed by atoms with van der Waals surface area (Å²) in [5.74, 6) is -0.295. The summed E-state index contributed by atoms with van der Waals surface area (Å²) < 4.78 is 18.2. The van der Waals surface area contributed by atoms with Gasteiger partial charge in [0.25, 0.3) is 0 Å². The lowest BCUT2D eigenvalue weighted by Crippen LogP contribution is -2.39. The van der Waals surface area contributed by atoms with Gasteiger partial charge in [0.2, 0.25) is 0 Å². The molecule has 0 spiro atoms. The van der Waals surface area contributed by atoms with Crippen LogP contribution in [-0.2, 0) is 24.4 Å². The molecule has 2 rings (SSSR count). The van der Waals surface area contributed by atoms with Crippen molar-refractivity contribution in [2.75, 3.05) is 13.2 Å². The van der Waals surface area contributed by atoms with Gasteiger partial charge in [-0.25, -0.2) is 0 Å². The van der Waals surface area contributed by atoms with Gasteiger partial charge in [-0.1, -0.05) is 67.9 Å². The number of ether oxygens (including phenoxy) is 3. The van der Waals surface area contributed by atoms with Gasteiger partial charge < -0.3 is 14.2 Å². The van der Waals surface area contributed by atoms with E-state index in [0.717, 1.165) is 4.48 Å². The Labute approximate surface area is 181 Å². The molecular formula is C22H31BrO4S. The van der Waals surface area contributed by atoms with Gasteiger partial charge in [-0.2, -0.15) is 0 Å². The van der Waals surface area contributed by atoms with Crippen molar-refractivity contribution < 1.29 is 19.0 Å². The number of thioether (sulfide) groups is 1. The van der Waals surface area contributed by atoms with E-state index in [-0.39, 0.29) is 28.8 Å². The maximum absolute atomic E-state index is 11.9. The average molecular weight is 471 g/mol. The number of carbonyl (C=O) groups excluding carboxylic acids is 1. The topological polar surface area (TPSA) is 44.8 Å². The van der Waals surface area contributed by atoms with E-state index in [1.54, 1.807) is 11.8 Å². The largest absolute Gasteiger partial charge is 0.456 e. The SMILES string of the molecule is C/C=C(\Br)C(OC(C)=O)C(Sc1ccccc1C(C)(C)C)C(C)C1OCCO1. The third kappa shape index (κ3) is 6.09. The van der Waals surface area contributed by atoms with Gasteiger partial charge in [-0.15, -0.1) is 11.8 Å². The standard InChI is InChI=1S/C22H31BrO4S/c1-7-17(23)19(27-15(3)24)20(14(2)21-25-12-13-26-21)28-18-11-9-8-10-16(18)22(4,5)6/h7-11,14,19-21H,12-13H2,1-6H3/b17-7-. The second-order valence-corrected chi connectivity index (χ2v) is 10.1. The first-order valence-electron chi connectivity index (χ1n) is 9.63. The fourth-order valence-electron chi connectivity index (χ4n) is 3.24. The van der Waals surface area contributed by atoms with Crippen LogP contribution in [0.25, 0.3) is 0 Å². The molecular weight excluding hydrogens is 440 g/mol. The van der Waals surface area contributed by atoms with Crippen LogP contribution in [0.5, 0.6) is 0 Å². The maximum atomic E-state index is 11.9. The molecule has 1 saturated heterocycles. The number of halogens is 1. The highest BCUT2D eigenvalue weighted by Crippen LogP contribution is 2.42. The minimum absolute atomic E-state index is 0.00645. The predicted molar refractivity (Wildman–Crippen MR) is 118 cm³/mol. The number of rotatable bonds is 7. The van der Waals surface area contributed by atoms with Crippen LogP contribution in [0.4, 0.5) is 0 Å². The van der Waals surface area contributed by atoms with Crippen molar-refractivity contribution in [3.8, 4) is 0 Å². The van der Waals surface area contributed by atoms with E-state index >= 15 is 0 Å². The van der Waals surface area contributed by atoms with Crippen molar-refractivity contribution in [2.24, 2.45) is 5.92 Å². The molecule has 1 heterocycles. The van der Waals surface area contributed by atoms with Gasteiger partial charge in [-0.05, 0) is 24.0 Å². The monoisotopic (exact) mass is 470 g/mol. The number of carbonyl (C=O) groups is 1. The summed E-state index contributed by atoms with van der Waals surface area (Å²) in [7, 11) is 0. The zero-order valence-corrected chi connectivity index (χ0v) is 19.9. The van der Waals surface area contributed by atoms with Crippen LogP contribution in [0.3, 0.4) is 0 Å². The molecule has 0 saturated carbocycles. The van der Waals surface area contributed by atoms with E-state index < -0.39 is 6.10 Å². The Kier molecular flexibility index (Phi) is 8.61. The minimum atomic E-state index is -0.427. The van der Waals surface area contributed by atoms with Crippen LogP contribution in [-0.4, -0.2) is 36.8 Å². The lowest BCUT2D eigenvalue weighted by molar-refractivity contribution is -0.146. The third-order valence-corrected chi connectivity index (χ3v) is 7.16. The molecule has 3 unspecified atom stereocenters. The Balaban J connectivity index is 2.44. The van der Waals surface area contributed by atoms with E-state index in [0.29, 0.717) is 13.2 Å². The second kappa shape index (κ2) is 10.3. The van der Waals surface area contributed by atoms with Crippen LogP contribution in [0, 0.1) is 5.92 Å². The quantitative estimate of drug-likeness (QED) is 0.378. The van der Waals surface area contributed by atoms with Gasteiger partial charge in [0.05, 0.1) is 18.5 Å². The van der Waals surface area contributed by atoms with Crippen molar-refractivity contribution in [2.45, 2.75) is 69.5 Å². The van der Waals surface area contributed by atoms with Gasteiger partial charge in [0.15, 0.2) is 6.29 Å². The molecule has 0 N–H and O–H groups in total. The summed E-state index contributed by atoms with van der Waals surface area (Å²) in [5, 5.41) is -0.0823. The zero-order valence-electron chi connectivity index (χ0n) is 17.5. The van der Waals surface area contributed by atoms with Crippen molar-refractivity contribution in [3.63, 3.8) is 0 Å². The molecule has 4 nitrogen and oxygen atoms in total. The van der Waals surface area contributed by atoms with E-state index in [4.69, 9.17) is 14.2 Å². The third-order valence-electron chi connectivity index (χ3n) is 4.69. The first-order chi connectivity index (χ1) is 13.1. The van der Waals surface area contributed by atoms with Crippen LogP contribution in [0.2, 0.25) is 0 Å². The van der Waals surface area contributed by atoms with Crippen molar-refractivity contribution in [1.82, 2.24) is 0 Å². The van der Waals surface area contributed by atoms with Crippen LogP contribution >= 0.6 is 27.7 Å². The zero-order chi connectivity index (χ0) is 20.9. The molecule has 6 heteroatoms. The molecule has 3 atom stereocenters. The predicted octanol–water partition coefficient (Wildman–Crippen LogP) is 5.68. The van der Waals surface area contributed by atoms with E-state index in [1.165, 1.54) is 17.4 Å². The van der Waals surface area contributed by atoms with Crippen molar-refractivity contribution >= 4 is 33.7 Å². The highest BCUT2D eigenvalue weighted by atomic mass is 79.9. The first-order valence-corrected chi connectivity index (χ1v) is 11.3. The molecule has 0 bridgehead atoms. The van der Waals surface area contributed by atoms with Gasteiger partial charge in [0, 0.05) is 22.2 Å². The molecule has 1 aliphatic rings. The van der Waals surface area contributed by atoms with Crippen LogP contribution in [0.1, 0.15) is 47.1 Å².